The van der Waals surface area contributed by atoms with Crippen LogP contribution in [-0.4, -0.2) is 12.7 Å². The number of hydrogen-bond donors (Lipinski definition) is 0. The number of nitriles is 3. The van der Waals surface area contributed by atoms with Crippen molar-refractivity contribution in [3.8, 4) is 18.2 Å². The van der Waals surface area contributed by atoms with Crippen LogP contribution in [0.1, 0.15) is 19.3 Å². The lowest BCUT2D eigenvalue weighted by Crippen LogP contribution is -2.10. The molecule has 0 aliphatic rings. The van der Waals surface area contributed by atoms with Gasteiger partial charge in [-0.2, -0.15) is 15.8 Å². The molecule has 0 heterocycles. The standard InChI is InChI=1S/C8H9N3O/c9-4-1-2-6-12-8(7-11)3-5-10/h8H,1-3,6H2. The van der Waals surface area contributed by atoms with Crippen molar-refractivity contribution in [1.82, 2.24) is 0 Å². The van der Waals surface area contributed by atoms with Crippen LogP contribution < -0.4 is 0 Å². The molecule has 0 aromatic rings. The maximum absolute atomic E-state index is 8.42. The summed E-state index contributed by atoms with van der Waals surface area (Å²) in [5.74, 6) is 0. The van der Waals surface area contributed by atoms with E-state index in [1.807, 2.05) is 18.2 Å². The molecule has 0 spiro atoms. The summed E-state index contributed by atoms with van der Waals surface area (Å²) >= 11 is 0. The number of unbranched alkanes of at least 4 members (excludes halogenated alkanes) is 1. The van der Waals surface area contributed by atoms with Crippen molar-refractivity contribution in [1.29, 1.82) is 15.8 Å². The molecule has 62 valence electrons. The van der Waals surface area contributed by atoms with E-state index in [0.29, 0.717) is 19.4 Å². The third-order valence-electron chi connectivity index (χ3n) is 1.17. The predicted octanol–water partition coefficient (Wildman–Crippen LogP) is 1.11. The van der Waals surface area contributed by atoms with Gasteiger partial charge in [-0.15, -0.1) is 0 Å². The van der Waals surface area contributed by atoms with E-state index in [1.54, 1.807) is 0 Å². The fourth-order valence-corrected chi connectivity index (χ4v) is 0.602. The Labute approximate surface area is 71.6 Å². The third kappa shape index (κ3) is 5.23. The number of ether oxygens (including phenoxy) is 1. The molecule has 12 heavy (non-hydrogen) atoms. The van der Waals surface area contributed by atoms with Crippen LogP contribution in [0.2, 0.25) is 0 Å². The molecule has 0 aliphatic carbocycles. The highest BCUT2D eigenvalue weighted by Crippen LogP contribution is 1.97. The summed E-state index contributed by atoms with van der Waals surface area (Å²) in [7, 11) is 0. The van der Waals surface area contributed by atoms with E-state index in [-0.39, 0.29) is 6.42 Å². The topological polar surface area (TPSA) is 80.6 Å². The van der Waals surface area contributed by atoms with Gasteiger partial charge >= 0.3 is 0 Å². The second-order valence-electron chi connectivity index (χ2n) is 2.11. The molecule has 0 fully saturated rings. The molecule has 0 rings (SSSR count). The lowest BCUT2D eigenvalue weighted by molar-refractivity contribution is 0.0918. The number of rotatable bonds is 5. The SMILES string of the molecule is N#CCCCOC(C#N)CC#N. The third-order valence-corrected chi connectivity index (χ3v) is 1.17. The molecule has 1 atom stereocenters. The van der Waals surface area contributed by atoms with Gasteiger partial charge in [0.05, 0.1) is 24.6 Å². The van der Waals surface area contributed by atoms with Gasteiger partial charge in [-0.3, -0.25) is 0 Å². The first-order chi connectivity index (χ1) is 5.85. The Morgan fingerprint density at radius 2 is 1.92 bits per heavy atom. The zero-order valence-electron chi connectivity index (χ0n) is 6.66. The monoisotopic (exact) mass is 163 g/mol. The second kappa shape index (κ2) is 7.54. The minimum atomic E-state index is -0.645. The van der Waals surface area contributed by atoms with Gasteiger partial charge in [-0.1, -0.05) is 0 Å². The van der Waals surface area contributed by atoms with E-state index in [0.717, 1.165) is 0 Å². The van der Waals surface area contributed by atoms with Crippen LogP contribution in [0.25, 0.3) is 0 Å². The Balaban J connectivity index is 3.43. The van der Waals surface area contributed by atoms with Crippen LogP contribution in [0.15, 0.2) is 0 Å². The number of hydrogen-bond acceptors (Lipinski definition) is 4. The van der Waals surface area contributed by atoms with Crippen LogP contribution in [0.5, 0.6) is 0 Å². The van der Waals surface area contributed by atoms with Crippen LogP contribution in [0, 0.1) is 34.0 Å². The molecule has 0 aromatic carbocycles. The first-order valence-corrected chi connectivity index (χ1v) is 3.60. The Kier molecular flexibility index (Phi) is 6.55. The highest BCUT2D eigenvalue weighted by Gasteiger charge is 2.05. The summed E-state index contributed by atoms with van der Waals surface area (Å²) < 4.78 is 5.00. The fraction of sp³-hybridized carbons (Fsp3) is 0.625. The van der Waals surface area contributed by atoms with E-state index < -0.39 is 6.10 Å². The Hall–Kier alpha value is -1.57. The summed E-state index contributed by atoms with van der Waals surface area (Å²) in [6.45, 7) is 0.369. The van der Waals surface area contributed by atoms with Crippen molar-refractivity contribution in [2.45, 2.75) is 25.4 Å². The largest absolute Gasteiger partial charge is 0.362 e. The quantitative estimate of drug-likeness (QED) is 0.568. The molecule has 0 bridgehead atoms. The van der Waals surface area contributed by atoms with Crippen molar-refractivity contribution in [2.75, 3.05) is 6.61 Å². The van der Waals surface area contributed by atoms with Gasteiger partial charge in [0.15, 0.2) is 6.10 Å². The summed E-state index contributed by atoms with van der Waals surface area (Å²) in [5.41, 5.74) is 0. The lowest BCUT2D eigenvalue weighted by atomic mass is 10.3. The van der Waals surface area contributed by atoms with E-state index >= 15 is 0 Å². The first kappa shape index (κ1) is 10.4. The lowest BCUT2D eigenvalue weighted by Gasteiger charge is -2.04. The minimum Gasteiger partial charge on any atom is -0.362 e. The minimum absolute atomic E-state index is 0.0864. The molecule has 0 amide bonds. The average Bonchev–Trinajstić information content (AvgIpc) is 2.10. The first-order valence-electron chi connectivity index (χ1n) is 3.60. The van der Waals surface area contributed by atoms with E-state index in [9.17, 15) is 0 Å². The van der Waals surface area contributed by atoms with E-state index in [1.165, 1.54) is 0 Å². The van der Waals surface area contributed by atoms with Gasteiger partial charge in [0.25, 0.3) is 0 Å². The molecule has 0 N–H and O–H groups in total. The maximum Gasteiger partial charge on any atom is 0.156 e. The average molecular weight is 163 g/mol. The molecule has 4 heteroatoms. The fourth-order valence-electron chi connectivity index (χ4n) is 0.602. The van der Waals surface area contributed by atoms with Crippen LogP contribution >= 0.6 is 0 Å². The van der Waals surface area contributed by atoms with Crippen molar-refractivity contribution < 1.29 is 4.74 Å². The Bertz CT molecular complexity index is 230. The molecule has 1 unspecified atom stereocenters. The van der Waals surface area contributed by atoms with Crippen LogP contribution in [-0.2, 0) is 4.74 Å². The summed E-state index contributed by atoms with van der Waals surface area (Å²) in [5, 5.41) is 24.8. The molecule has 0 aromatic heterocycles. The van der Waals surface area contributed by atoms with Crippen LogP contribution in [0.4, 0.5) is 0 Å². The Morgan fingerprint density at radius 3 is 2.42 bits per heavy atom. The molecule has 0 saturated heterocycles. The molecule has 0 saturated carbocycles. The van der Waals surface area contributed by atoms with Gasteiger partial charge in [0, 0.05) is 13.0 Å². The van der Waals surface area contributed by atoms with Crippen molar-refractivity contribution in [2.24, 2.45) is 0 Å². The Morgan fingerprint density at radius 1 is 1.17 bits per heavy atom. The molecular formula is C8H9N3O. The zero-order valence-corrected chi connectivity index (χ0v) is 6.66. The molecule has 4 nitrogen and oxygen atoms in total. The van der Waals surface area contributed by atoms with Gasteiger partial charge in [0.1, 0.15) is 0 Å². The predicted molar refractivity (Wildman–Crippen MR) is 40.4 cm³/mol. The second-order valence-corrected chi connectivity index (χ2v) is 2.11. The highest BCUT2D eigenvalue weighted by molar-refractivity contribution is 4.91. The van der Waals surface area contributed by atoms with Gasteiger partial charge < -0.3 is 4.74 Å². The summed E-state index contributed by atoms with van der Waals surface area (Å²) in [6, 6.07) is 5.66. The van der Waals surface area contributed by atoms with Crippen LogP contribution in [0.3, 0.4) is 0 Å². The van der Waals surface area contributed by atoms with Gasteiger partial charge in [-0.25, -0.2) is 0 Å². The van der Waals surface area contributed by atoms with Crippen molar-refractivity contribution in [3.05, 3.63) is 0 Å². The van der Waals surface area contributed by atoms with Gasteiger partial charge in [0.2, 0.25) is 0 Å². The molecular weight excluding hydrogens is 154 g/mol. The van der Waals surface area contributed by atoms with Crippen molar-refractivity contribution >= 4 is 0 Å². The van der Waals surface area contributed by atoms with Gasteiger partial charge in [-0.05, 0) is 6.42 Å². The smallest absolute Gasteiger partial charge is 0.156 e. The molecule has 0 radical (unpaired) electrons. The molecule has 0 aliphatic heterocycles. The maximum atomic E-state index is 8.42. The van der Waals surface area contributed by atoms with E-state index in [4.69, 9.17) is 20.5 Å². The zero-order chi connectivity index (χ0) is 9.23. The number of nitrogens with zero attached hydrogens (tertiary/aromatic N) is 3. The normalized spacial score (nSPS) is 10.8. The summed E-state index contributed by atoms with van der Waals surface area (Å²) in [4.78, 5) is 0. The van der Waals surface area contributed by atoms with E-state index in [2.05, 4.69) is 0 Å². The summed E-state index contributed by atoms with van der Waals surface area (Å²) in [6.07, 6.45) is 0.474. The van der Waals surface area contributed by atoms with Crippen molar-refractivity contribution in [3.63, 3.8) is 0 Å². The highest BCUT2D eigenvalue weighted by atomic mass is 16.5.